The number of allylic oxidation sites excluding steroid dienone is 1. The molecule has 3 saturated carbocycles. The first-order valence-corrected chi connectivity index (χ1v) is 12.4. The Morgan fingerprint density at radius 2 is 1.90 bits per heavy atom. The highest BCUT2D eigenvalue weighted by molar-refractivity contribution is 5.25. The molecule has 0 amide bonds. The van der Waals surface area contributed by atoms with E-state index in [1.807, 2.05) is 6.92 Å². The minimum atomic E-state index is -0.986. The van der Waals surface area contributed by atoms with Crippen LogP contribution in [0.4, 0.5) is 0 Å². The maximum Gasteiger partial charge on any atom is 0.0910 e. The van der Waals surface area contributed by atoms with E-state index in [0.29, 0.717) is 18.3 Å². The third-order valence-corrected chi connectivity index (χ3v) is 10.3. The number of aliphatic hydroxyl groups excluding tert-OH is 2. The van der Waals surface area contributed by atoms with E-state index in [2.05, 4.69) is 26.8 Å². The lowest BCUT2D eigenvalue weighted by atomic mass is 9.46. The lowest BCUT2D eigenvalue weighted by molar-refractivity contribution is -0.151. The van der Waals surface area contributed by atoms with Crippen LogP contribution in [-0.4, -0.2) is 33.1 Å². The van der Waals surface area contributed by atoms with E-state index in [4.69, 9.17) is 0 Å². The van der Waals surface area contributed by atoms with Gasteiger partial charge in [0.25, 0.3) is 0 Å². The maximum absolute atomic E-state index is 11.5. The minimum Gasteiger partial charge on any atom is -0.393 e. The van der Waals surface area contributed by atoms with Crippen LogP contribution in [-0.2, 0) is 0 Å². The highest BCUT2D eigenvalue weighted by Crippen LogP contribution is 2.67. The predicted molar refractivity (Wildman–Crippen MR) is 117 cm³/mol. The van der Waals surface area contributed by atoms with E-state index < -0.39 is 11.7 Å². The van der Waals surface area contributed by atoms with Crippen LogP contribution in [0.15, 0.2) is 11.6 Å². The molecule has 0 aromatic heterocycles. The standard InChI is InChI=1S/C26H44O3/c1-5-6-7-23(28)26(4,29)22-11-10-20-19-9-8-17-16-18(27)12-14-24(17,2)21(19)13-15-25(20,22)3/h8,18-23,27-29H,5-7,9-16H2,1-4H3/t18-,19-,20-,21-,22-,23+,24-,25-,26+/m0/s1. The van der Waals surface area contributed by atoms with Crippen LogP contribution in [0, 0.1) is 34.5 Å². The summed E-state index contributed by atoms with van der Waals surface area (Å²) in [4.78, 5) is 0. The molecular formula is C26H44O3. The smallest absolute Gasteiger partial charge is 0.0910 e. The van der Waals surface area contributed by atoms with E-state index in [1.165, 1.54) is 24.8 Å². The third-order valence-electron chi connectivity index (χ3n) is 10.3. The number of unbranched alkanes of at least 4 members (excludes halogenated alkanes) is 1. The highest BCUT2D eigenvalue weighted by atomic mass is 16.3. The molecule has 3 nitrogen and oxygen atoms in total. The van der Waals surface area contributed by atoms with E-state index in [0.717, 1.165) is 50.9 Å². The summed E-state index contributed by atoms with van der Waals surface area (Å²) in [5.74, 6) is 2.27. The maximum atomic E-state index is 11.5. The van der Waals surface area contributed by atoms with Crippen molar-refractivity contribution in [1.82, 2.24) is 0 Å². The second-order valence-corrected chi connectivity index (χ2v) is 11.7. The topological polar surface area (TPSA) is 60.7 Å². The average molecular weight is 405 g/mol. The number of aliphatic hydroxyl groups is 3. The number of fused-ring (bicyclic) bond motifs is 5. The SMILES string of the molecule is CCCC[C@@H](O)[C@](C)(O)[C@H]1CC[C@H]2[C@@H]3CC=C4C[C@@H](O)CC[C@]4(C)[C@H]3CC[C@]12C. The van der Waals surface area contributed by atoms with Gasteiger partial charge in [0.2, 0.25) is 0 Å². The van der Waals surface area contributed by atoms with Crippen LogP contribution in [0.1, 0.15) is 98.3 Å². The van der Waals surface area contributed by atoms with Crippen molar-refractivity contribution in [3.05, 3.63) is 11.6 Å². The zero-order valence-electron chi connectivity index (χ0n) is 19.2. The van der Waals surface area contributed by atoms with E-state index in [9.17, 15) is 15.3 Å². The molecule has 4 aliphatic rings. The van der Waals surface area contributed by atoms with Gasteiger partial charge in [0.1, 0.15) is 0 Å². The summed E-state index contributed by atoms with van der Waals surface area (Å²) in [6, 6.07) is 0. The average Bonchev–Trinajstić information content (AvgIpc) is 3.04. The van der Waals surface area contributed by atoms with Crippen LogP contribution < -0.4 is 0 Å². The number of hydrogen-bond donors (Lipinski definition) is 3. The van der Waals surface area contributed by atoms with Gasteiger partial charge in [0, 0.05) is 0 Å². The van der Waals surface area contributed by atoms with Crippen molar-refractivity contribution in [3.63, 3.8) is 0 Å². The molecule has 0 aromatic carbocycles. The van der Waals surface area contributed by atoms with Crippen LogP contribution in [0.2, 0.25) is 0 Å². The number of rotatable bonds is 5. The molecule has 3 heteroatoms. The second kappa shape index (κ2) is 7.64. The Morgan fingerprint density at radius 1 is 1.14 bits per heavy atom. The molecule has 0 aromatic rings. The molecule has 4 rings (SSSR count). The van der Waals surface area contributed by atoms with Crippen LogP contribution in [0.3, 0.4) is 0 Å². The molecule has 3 N–H and O–H groups in total. The molecule has 3 fully saturated rings. The van der Waals surface area contributed by atoms with Gasteiger partial charge in [-0.3, -0.25) is 0 Å². The fraction of sp³-hybridized carbons (Fsp3) is 0.923. The molecule has 0 unspecified atom stereocenters. The Labute approximate surface area is 178 Å². The Balaban J connectivity index is 1.57. The Morgan fingerprint density at radius 3 is 2.62 bits per heavy atom. The molecule has 9 atom stereocenters. The Kier molecular flexibility index (Phi) is 5.75. The van der Waals surface area contributed by atoms with Crippen molar-refractivity contribution in [3.8, 4) is 0 Å². The minimum absolute atomic E-state index is 0.133. The Bertz CT molecular complexity index is 640. The van der Waals surface area contributed by atoms with Crippen molar-refractivity contribution in [1.29, 1.82) is 0 Å². The molecule has 0 aliphatic heterocycles. The first-order valence-electron chi connectivity index (χ1n) is 12.4. The molecule has 0 spiro atoms. The van der Waals surface area contributed by atoms with Crippen LogP contribution in [0.5, 0.6) is 0 Å². The van der Waals surface area contributed by atoms with Crippen molar-refractivity contribution in [2.75, 3.05) is 0 Å². The quantitative estimate of drug-likeness (QED) is 0.550. The van der Waals surface area contributed by atoms with Crippen LogP contribution in [0.25, 0.3) is 0 Å². The Hall–Kier alpha value is -0.380. The lowest BCUT2D eigenvalue weighted by Crippen LogP contribution is -2.55. The summed E-state index contributed by atoms with van der Waals surface area (Å²) in [5, 5.41) is 32.5. The van der Waals surface area contributed by atoms with Gasteiger partial charge in [-0.15, -0.1) is 0 Å². The van der Waals surface area contributed by atoms with E-state index in [1.54, 1.807) is 0 Å². The van der Waals surface area contributed by atoms with Crippen LogP contribution >= 0.6 is 0 Å². The van der Waals surface area contributed by atoms with E-state index >= 15 is 0 Å². The molecule has 0 radical (unpaired) electrons. The predicted octanol–water partition coefficient (Wildman–Crippen LogP) is 5.23. The summed E-state index contributed by atoms with van der Waals surface area (Å²) in [6.45, 7) is 8.96. The fourth-order valence-electron chi connectivity index (χ4n) is 8.52. The molecule has 0 saturated heterocycles. The summed E-state index contributed by atoms with van der Waals surface area (Å²) in [7, 11) is 0. The van der Waals surface area contributed by atoms with Gasteiger partial charge in [-0.2, -0.15) is 0 Å². The van der Waals surface area contributed by atoms with Gasteiger partial charge in [-0.1, -0.05) is 45.3 Å². The fourth-order valence-corrected chi connectivity index (χ4v) is 8.52. The van der Waals surface area contributed by atoms with Gasteiger partial charge in [0.15, 0.2) is 0 Å². The van der Waals surface area contributed by atoms with Crippen molar-refractivity contribution >= 4 is 0 Å². The first-order chi connectivity index (χ1) is 13.6. The third kappa shape index (κ3) is 3.34. The van der Waals surface area contributed by atoms with Gasteiger partial charge >= 0.3 is 0 Å². The lowest BCUT2D eigenvalue weighted by Gasteiger charge is -2.59. The van der Waals surface area contributed by atoms with Crippen molar-refractivity contribution in [2.45, 2.75) is 116 Å². The zero-order valence-corrected chi connectivity index (χ0v) is 19.2. The van der Waals surface area contributed by atoms with E-state index in [-0.39, 0.29) is 22.9 Å². The molecule has 29 heavy (non-hydrogen) atoms. The monoisotopic (exact) mass is 404 g/mol. The van der Waals surface area contributed by atoms with Crippen molar-refractivity contribution < 1.29 is 15.3 Å². The molecule has 4 aliphatic carbocycles. The molecule has 166 valence electrons. The molecule has 0 heterocycles. The highest BCUT2D eigenvalue weighted by Gasteiger charge is 2.62. The summed E-state index contributed by atoms with van der Waals surface area (Å²) < 4.78 is 0. The zero-order chi connectivity index (χ0) is 21.0. The van der Waals surface area contributed by atoms with Gasteiger partial charge in [-0.25, -0.2) is 0 Å². The van der Waals surface area contributed by atoms with Gasteiger partial charge in [-0.05, 0) is 99.2 Å². The molecule has 0 bridgehead atoms. The van der Waals surface area contributed by atoms with Crippen molar-refractivity contribution in [2.24, 2.45) is 34.5 Å². The number of hydrogen-bond acceptors (Lipinski definition) is 3. The summed E-state index contributed by atoms with van der Waals surface area (Å²) >= 11 is 0. The second-order valence-electron chi connectivity index (χ2n) is 11.7. The normalized spacial score (nSPS) is 47.4. The first kappa shape index (κ1) is 21.8. The molecular weight excluding hydrogens is 360 g/mol. The summed E-state index contributed by atoms with van der Waals surface area (Å²) in [5.41, 5.74) is 0.941. The largest absolute Gasteiger partial charge is 0.393 e. The van der Waals surface area contributed by atoms with Gasteiger partial charge < -0.3 is 15.3 Å². The summed E-state index contributed by atoms with van der Waals surface area (Å²) in [6.07, 6.45) is 13.2. The van der Waals surface area contributed by atoms with Gasteiger partial charge in [0.05, 0.1) is 17.8 Å².